The van der Waals surface area contributed by atoms with Crippen LogP contribution in [0.15, 0.2) is 12.2 Å². The molecule has 0 spiro atoms. The zero-order valence-electron chi connectivity index (χ0n) is 11.7. The molecular formula is C15H23BrO3. The van der Waals surface area contributed by atoms with Crippen LogP contribution in [0.5, 0.6) is 0 Å². The Morgan fingerprint density at radius 2 is 2.00 bits per heavy atom. The van der Waals surface area contributed by atoms with E-state index in [9.17, 15) is 5.11 Å². The van der Waals surface area contributed by atoms with Crippen LogP contribution >= 0.6 is 15.9 Å². The molecule has 2 heterocycles. The Balaban J connectivity index is 1.81. The summed E-state index contributed by atoms with van der Waals surface area (Å²) in [5, 5.41) is 9.42. The first-order valence-electron chi connectivity index (χ1n) is 7.24. The Bertz CT molecular complexity index is 383. The fourth-order valence-electron chi connectivity index (χ4n) is 3.75. The Kier molecular flexibility index (Phi) is 3.37. The minimum absolute atomic E-state index is 0.000780. The quantitative estimate of drug-likeness (QED) is 0.479. The zero-order chi connectivity index (χ0) is 13.7. The molecule has 0 aromatic carbocycles. The summed E-state index contributed by atoms with van der Waals surface area (Å²) in [4.78, 5) is 11.9. The third-order valence-electron chi connectivity index (χ3n) is 5.32. The SMILES string of the molecule is CC1(C)CC(C23C=C[C@@](CO)(CC2)OO3)CC[C@@H]1Br. The van der Waals surface area contributed by atoms with Gasteiger partial charge in [-0.2, -0.15) is 0 Å². The second-order valence-electron chi connectivity index (χ2n) is 7.11. The van der Waals surface area contributed by atoms with Gasteiger partial charge in [-0.15, -0.1) is 0 Å². The standard InChI is InChI=1S/C15H23BrO3/c1-13(2)9-11(3-4-12(13)16)15-7-5-14(10-17,6-8-15)18-19-15/h5,7,11-12,17H,3-4,6,8-10H2,1-2H3/t11?,12-,14-,15?/m0/s1. The van der Waals surface area contributed by atoms with Gasteiger partial charge in [0.25, 0.3) is 0 Å². The van der Waals surface area contributed by atoms with E-state index in [2.05, 4.69) is 35.9 Å². The molecule has 3 nitrogen and oxygen atoms in total. The first-order chi connectivity index (χ1) is 8.91. The summed E-state index contributed by atoms with van der Waals surface area (Å²) < 4.78 is 0. The van der Waals surface area contributed by atoms with Crippen LogP contribution in [0.4, 0.5) is 0 Å². The highest BCUT2D eigenvalue weighted by molar-refractivity contribution is 9.09. The lowest BCUT2D eigenvalue weighted by Gasteiger charge is -2.53. The number of aliphatic hydroxyl groups is 1. The first kappa shape index (κ1) is 14.1. The van der Waals surface area contributed by atoms with Gasteiger partial charge in [0.1, 0.15) is 11.2 Å². The molecule has 1 saturated carbocycles. The van der Waals surface area contributed by atoms with Crippen molar-refractivity contribution in [2.45, 2.75) is 62.0 Å². The van der Waals surface area contributed by atoms with Gasteiger partial charge in [0, 0.05) is 4.83 Å². The van der Waals surface area contributed by atoms with Crippen molar-refractivity contribution in [3.8, 4) is 0 Å². The minimum Gasteiger partial charge on any atom is -0.393 e. The van der Waals surface area contributed by atoms with Crippen molar-refractivity contribution < 1.29 is 14.9 Å². The van der Waals surface area contributed by atoms with Crippen LogP contribution in [-0.2, 0) is 9.78 Å². The average molecular weight is 331 g/mol. The van der Waals surface area contributed by atoms with Gasteiger partial charge in [-0.1, -0.05) is 35.9 Å². The molecule has 1 N–H and O–H groups in total. The average Bonchev–Trinajstić information content (AvgIpc) is 2.44. The van der Waals surface area contributed by atoms with Gasteiger partial charge in [0.05, 0.1) is 6.61 Å². The predicted octanol–water partition coefficient (Wildman–Crippen LogP) is 3.36. The lowest BCUT2D eigenvalue weighted by Crippen LogP contribution is -2.56. The Morgan fingerprint density at radius 1 is 1.21 bits per heavy atom. The third-order valence-corrected chi connectivity index (χ3v) is 7.02. The second-order valence-corrected chi connectivity index (χ2v) is 8.22. The number of rotatable bonds is 2. The third kappa shape index (κ3) is 2.21. The second kappa shape index (κ2) is 4.55. The number of halogens is 1. The molecule has 0 aromatic rings. The van der Waals surface area contributed by atoms with Crippen LogP contribution in [0.1, 0.15) is 46.0 Å². The molecule has 4 atom stereocenters. The monoisotopic (exact) mass is 330 g/mol. The molecule has 2 unspecified atom stereocenters. The van der Waals surface area contributed by atoms with Crippen molar-refractivity contribution >= 4 is 15.9 Å². The van der Waals surface area contributed by atoms with E-state index in [0.29, 0.717) is 10.7 Å². The van der Waals surface area contributed by atoms with Crippen molar-refractivity contribution in [2.24, 2.45) is 11.3 Å². The Labute approximate surface area is 123 Å². The molecule has 0 amide bonds. The molecule has 0 aromatic heterocycles. The number of hydrogen-bond acceptors (Lipinski definition) is 3. The summed E-state index contributed by atoms with van der Waals surface area (Å²) in [6.07, 6.45) is 9.48. The fraction of sp³-hybridized carbons (Fsp3) is 0.867. The van der Waals surface area contributed by atoms with Crippen LogP contribution in [0.3, 0.4) is 0 Å². The lowest BCUT2D eigenvalue weighted by molar-refractivity contribution is -0.441. The maximum absolute atomic E-state index is 9.42. The fourth-order valence-corrected chi connectivity index (χ4v) is 4.20. The summed E-state index contributed by atoms with van der Waals surface area (Å²) in [5.74, 6) is 0.504. The first-order valence-corrected chi connectivity index (χ1v) is 8.15. The van der Waals surface area contributed by atoms with Gasteiger partial charge < -0.3 is 5.11 Å². The van der Waals surface area contributed by atoms with Gasteiger partial charge in [0.15, 0.2) is 0 Å². The van der Waals surface area contributed by atoms with Gasteiger partial charge in [-0.3, -0.25) is 0 Å². The molecule has 2 aliphatic heterocycles. The molecule has 1 saturated heterocycles. The van der Waals surface area contributed by atoms with E-state index in [1.807, 2.05) is 6.08 Å². The molecule has 2 aliphatic carbocycles. The van der Waals surface area contributed by atoms with Gasteiger partial charge >= 0.3 is 0 Å². The van der Waals surface area contributed by atoms with Crippen LogP contribution in [0.25, 0.3) is 0 Å². The van der Waals surface area contributed by atoms with E-state index < -0.39 is 5.60 Å². The predicted molar refractivity (Wildman–Crippen MR) is 76.9 cm³/mol. The van der Waals surface area contributed by atoms with Crippen molar-refractivity contribution in [2.75, 3.05) is 6.61 Å². The van der Waals surface area contributed by atoms with Crippen molar-refractivity contribution in [1.82, 2.24) is 0 Å². The Morgan fingerprint density at radius 3 is 2.47 bits per heavy atom. The normalized spacial score (nSPS) is 48.4. The van der Waals surface area contributed by atoms with Crippen molar-refractivity contribution in [3.05, 3.63) is 12.2 Å². The van der Waals surface area contributed by atoms with Crippen LogP contribution < -0.4 is 0 Å². The molecule has 19 heavy (non-hydrogen) atoms. The van der Waals surface area contributed by atoms with E-state index in [4.69, 9.17) is 9.78 Å². The number of hydrogen-bond donors (Lipinski definition) is 1. The maximum atomic E-state index is 9.42. The smallest absolute Gasteiger partial charge is 0.145 e. The lowest BCUT2D eigenvalue weighted by atomic mass is 9.63. The summed E-state index contributed by atoms with van der Waals surface area (Å²) >= 11 is 3.81. The highest BCUT2D eigenvalue weighted by Crippen LogP contribution is 2.53. The summed E-state index contributed by atoms with van der Waals surface area (Å²) in [6.45, 7) is 4.64. The van der Waals surface area contributed by atoms with Gasteiger partial charge in [0.2, 0.25) is 0 Å². The molecule has 108 valence electrons. The van der Waals surface area contributed by atoms with Gasteiger partial charge in [-0.25, -0.2) is 9.78 Å². The Hall–Kier alpha value is 0.100. The van der Waals surface area contributed by atoms with E-state index in [0.717, 1.165) is 19.3 Å². The van der Waals surface area contributed by atoms with E-state index >= 15 is 0 Å². The van der Waals surface area contributed by atoms with Gasteiger partial charge in [-0.05, 0) is 49.5 Å². The van der Waals surface area contributed by atoms with Crippen molar-refractivity contribution in [1.29, 1.82) is 0 Å². The van der Waals surface area contributed by atoms with Crippen LogP contribution in [-0.4, -0.2) is 27.7 Å². The van der Waals surface area contributed by atoms with E-state index in [1.54, 1.807) is 0 Å². The molecule has 4 heteroatoms. The molecule has 2 fully saturated rings. The topological polar surface area (TPSA) is 38.7 Å². The largest absolute Gasteiger partial charge is 0.393 e. The van der Waals surface area contributed by atoms with E-state index in [-0.39, 0.29) is 17.6 Å². The highest BCUT2D eigenvalue weighted by atomic mass is 79.9. The minimum atomic E-state index is -0.579. The summed E-state index contributed by atoms with van der Waals surface area (Å²) in [7, 11) is 0. The van der Waals surface area contributed by atoms with Crippen molar-refractivity contribution in [3.63, 3.8) is 0 Å². The molecule has 2 bridgehead atoms. The maximum Gasteiger partial charge on any atom is 0.145 e. The van der Waals surface area contributed by atoms with Crippen LogP contribution in [0.2, 0.25) is 0 Å². The molecule has 4 aliphatic rings. The summed E-state index contributed by atoms with van der Waals surface area (Å²) in [6, 6.07) is 0. The zero-order valence-corrected chi connectivity index (χ0v) is 13.3. The summed E-state index contributed by atoms with van der Waals surface area (Å²) in [5.41, 5.74) is -0.553. The molecular weight excluding hydrogens is 308 g/mol. The van der Waals surface area contributed by atoms with E-state index in [1.165, 1.54) is 12.8 Å². The molecule has 0 radical (unpaired) electrons. The molecule has 4 rings (SSSR count). The highest BCUT2D eigenvalue weighted by Gasteiger charge is 2.53. The van der Waals surface area contributed by atoms with Crippen LogP contribution in [0, 0.1) is 11.3 Å². The number of fused-ring (bicyclic) bond motifs is 2. The number of alkyl halides is 1. The number of aliphatic hydroxyl groups excluding tert-OH is 1.